The molecule has 0 atom stereocenters. The van der Waals surface area contributed by atoms with Crippen molar-refractivity contribution < 1.29 is 24.5 Å². The average molecular weight is 430 g/mol. The van der Waals surface area contributed by atoms with Gasteiger partial charge in [0.25, 0.3) is 5.91 Å². The quantitative estimate of drug-likeness (QED) is 0.489. The molecule has 1 fully saturated rings. The van der Waals surface area contributed by atoms with Crippen LogP contribution in [0.15, 0.2) is 53.4 Å². The van der Waals surface area contributed by atoms with Gasteiger partial charge in [-0.25, -0.2) is 0 Å². The highest BCUT2D eigenvalue weighted by atomic mass is 32.2. The van der Waals surface area contributed by atoms with E-state index in [1.54, 1.807) is 41.3 Å². The van der Waals surface area contributed by atoms with E-state index in [1.165, 1.54) is 11.8 Å². The van der Waals surface area contributed by atoms with Crippen LogP contribution in [0.1, 0.15) is 17.5 Å². The van der Waals surface area contributed by atoms with Crippen molar-refractivity contribution in [3.63, 3.8) is 0 Å². The molecule has 0 unspecified atom stereocenters. The van der Waals surface area contributed by atoms with Gasteiger partial charge in [-0.05, 0) is 36.3 Å². The molecule has 0 aromatic heterocycles. The first-order valence-corrected chi connectivity index (χ1v) is 10.1. The SMILES string of the molecule is O=C(O)CCOc1ccccc1/C=C1/SC(=S)N(CCc2ccc(O)cc2)C1=O. The van der Waals surface area contributed by atoms with Crippen molar-refractivity contribution in [1.82, 2.24) is 4.90 Å². The molecular formula is C21H19NO5S2. The number of phenols is 1. The van der Waals surface area contributed by atoms with Crippen LogP contribution in [0.5, 0.6) is 11.5 Å². The summed E-state index contributed by atoms with van der Waals surface area (Å²) in [6.07, 6.45) is 2.23. The number of carboxylic acid groups (broad SMARTS) is 1. The molecule has 1 aliphatic rings. The Hall–Kier alpha value is -2.84. The van der Waals surface area contributed by atoms with Crippen molar-refractivity contribution in [2.75, 3.05) is 13.2 Å². The standard InChI is InChI=1S/C21H19NO5S2/c23-16-7-5-14(6-8-16)9-11-22-20(26)18(29-21(22)28)13-15-3-1-2-4-17(15)27-12-10-19(24)25/h1-8,13,23H,9-12H2,(H,24,25)/b18-13+. The lowest BCUT2D eigenvalue weighted by Gasteiger charge is -2.14. The molecule has 1 heterocycles. The van der Waals surface area contributed by atoms with E-state index in [9.17, 15) is 14.7 Å². The van der Waals surface area contributed by atoms with Gasteiger partial charge in [0.2, 0.25) is 0 Å². The van der Waals surface area contributed by atoms with Gasteiger partial charge < -0.3 is 14.9 Å². The number of aromatic hydroxyl groups is 1. The van der Waals surface area contributed by atoms with E-state index in [4.69, 9.17) is 22.1 Å². The summed E-state index contributed by atoms with van der Waals surface area (Å²) in [4.78, 5) is 25.5. The lowest BCUT2D eigenvalue weighted by molar-refractivity contribution is -0.137. The molecule has 0 spiro atoms. The summed E-state index contributed by atoms with van der Waals surface area (Å²) < 4.78 is 6.04. The molecule has 2 N–H and O–H groups in total. The lowest BCUT2D eigenvalue weighted by atomic mass is 10.1. The zero-order valence-corrected chi connectivity index (χ0v) is 17.0. The smallest absolute Gasteiger partial charge is 0.306 e. The highest BCUT2D eigenvalue weighted by Gasteiger charge is 2.31. The molecular weight excluding hydrogens is 410 g/mol. The number of hydrogen-bond donors (Lipinski definition) is 2. The van der Waals surface area contributed by atoms with E-state index in [0.29, 0.717) is 33.5 Å². The fraction of sp³-hybridized carbons (Fsp3) is 0.190. The largest absolute Gasteiger partial charge is 0.508 e. The van der Waals surface area contributed by atoms with E-state index in [1.807, 2.05) is 18.2 Å². The maximum Gasteiger partial charge on any atom is 0.306 e. The van der Waals surface area contributed by atoms with Crippen LogP contribution in [0.4, 0.5) is 0 Å². The third-order valence-electron chi connectivity index (χ3n) is 4.21. The fourth-order valence-electron chi connectivity index (χ4n) is 2.72. The zero-order valence-electron chi connectivity index (χ0n) is 15.4. The van der Waals surface area contributed by atoms with Gasteiger partial charge in [-0.1, -0.05) is 54.3 Å². The first-order chi connectivity index (χ1) is 13.9. The minimum atomic E-state index is -0.933. The molecule has 2 aromatic carbocycles. The second-order valence-electron chi connectivity index (χ2n) is 6.28. The molecule has 29 heavy (non-hydrogen) atoms. The second kappa shape index (κ2) is 9.58. The van der Waals surface area contributed by atoms with Gasteiger partial charge in [0.1, 0.15) is 15.8 Å². The highest BCUT2D eigenvalue weighted by Crippen LogP contribution is 2.34. The molecule has 1 saturated heterocycles. The van der Waals surface area contributed by atoms with Gasteiger partial charge in [-0.2, -0.15) is 0 Å². The predicted octanol–water partition coefficient (Wildman–Crippen LogP) is 3.69. The summed E-state index contributed by atoms with van der Waals surface area (Å²) >= 11 is 6.60. The Morgan fingerprint density at radius 2 is 1.90 bits per heavy atom. The van der Waals surface area contributed by atoms with Crippen LogP contribution in [0.3, 0.4) is 0 Å². The number of thioether (sulfide) groups is 1. The Kier molecular flexibility index (Phi) is 6.90. The number of carbonyl (C=O) groups is 2. The first-order valence-electron chi connectivity index (χ1n) is 8.91. The number of aliphatic carboxylic acids is 1. The molecule has 2 aromatic rings. The van der Waals surface area contributed by atoms with Gasteiger partial charge in [0.05, 0.1) is 17.9 Å². The minimum Gasteiger partial charge on any atom is -0.508 e. The molecule has 0 saturated carbocycles. The third-order valence-corrected chi connectivity index (χ3v) is 5.59. The number of amides is 1. The number of phenolic OH excluding ortho intramolecular Hbond substituents is 1. The molecule has 8 heteroatoms. The second-order valence-corrected chi connectivity index (χ2v) is 7.96. The number of rotatable bonds is 8. The van der Waals surface area contributed by atoms with Gasteiger partial charge >= 0.3 is 5.97 Å². The summed E-state index contributed by atoms with van der Waals surface area (Å²) in [7, 11) is 0. The van der Waals surface area contributed by atoms with E-state index >= 15 is 0 Å². The maximum atomic E-state index is 12.8. The monoisotopic (exact) mass is 429 g/mol. The van der Waals surface area contributed by atoms with E-state index < -0.39 is 5.97 Å². The van der Waals surface area contributed by atoms with Crippen LogP contribution >= 0.6 is 24.0 Å². The summed E-state index contributed by atoms with van der Waals surface area (Å²) in [5.41, 5.74) is 1.69. The average Bonchev–Trinajstić information content (AvgIpc) is 2.95. The maximum absolute atomic E-state index is 12.8. The van der Waals surface area contributed by atoms with Crippen LogP contribution in [-0.2, 0) is 16.0 Å². The normalized spacial score (nSPS) is 15.2. The van der Waals surface area contributed by atoms with Gasteiger partial charge in [0.15, 0.2) is 0 Å². The lowest BCUT2D eigenvalue weighted by Crippen LogP contribution is -2.30. The molecule has 3 rings (SSSR count). The van der Waals surface area contributed by atoms with Gasteiger partial charge in [0, 0.05) is 12.1 Å². The van der Waals surface area contributed by atoms with Crippen molar-refractivity contribution in [2.45, 2.75) is 12.8 Å². The summed E-state index contributed by atoms with van der Waals surface area (Å²) in [6, 6.07) is 14.0. The Bertz CT molecular complexity index is 956. The van der Waals surface area contributed by atoms with Crippen LogP contribution in [0.25, 0.3) is 6.08 Å². The number of carbonyl (C=O) groups excluding carboxylic acids is 1. The van der Waals surface area contributed by atoms with E-state index in [2.05, 4.69) is 0 Å². The molecule has 1 amide bonds. The first kappa shape index (κ1) is 20.9. The van der Waals surface area contributed by atoms with Crippen molar-refractivity contribution >= 4 is 46.3 Å². The predicted molar refractivity (Wildman–Crippen MR) is 116 cm³/mol. The fourth-order valence-corrected chi connectivity index (χ4v) is 4.02. The van der Waals surface area contributed by atoms with Crippen LogP contribution in [-0.4, -0.2) is 44.5 Å². The van der Waals surface area contributed by atoms with E-state index in [-0.39, 0.29) is 24.7 Å². The summed E-state index contributed by atoms with van der Waals surface area (Å²) in [5.74, 6) is -0.384. The Morgan fingerprint density at radius 1 is 1.17 bits per heavy atom. The van der Waals surface area contributed by atoms with Crippen molar-refractivity contribution in [3.05, 3.63) is 64.6 Å². The molecule has 150 valence electrons. The third kappa shape index (κ3) is 5.58. The molecule has 0 radical (unpaired) electrons. The Morgan fingerprint density at radius 3 is 2.62 bits per heavy atom. The molecule has 0 bridgehead atoms. The number of para-hydroxylation sites is 1. The molecule has 0 aliphatic carbocycles. The molecule has 6 nitrogen and oxygen atoms in total. The number of hydrogen-bond acceptors (Lipinski definition) is 6. The van der Waals surface area contributed by atoms with Crippen molar-refractivity contribution in [3.8, 4) is 11.5 Å². The number of thiocarbonyl (C=S) groups is 1. The van der Waals surface area contributed by atoms with Crippen molar-refractivity contribution in [1.29, 1.82) is 0 Å². The summed E-state index contributed by atoms with van der Waals surface area (Å²) in [6.45, 7) is 0.497. The van der Waals surface area contributed by atoms with Crippen LogP contribution in [0, 0.1) is 0 Å². The Labute approximate surface area is 177 Å². The van der Waals surface area contributed by atoms with Crippen LogP contribution < -0.4 is 4.74 Å². The minimum absolute atomic E-state index is 0.0494. The Balaban J connectivity index is 1.69. The summed E-state index contributed by atoms with van der Waals surface area (Å²) in [5, 5.41) is 18.1. The van der Waals surface area contributed by atoms with Gasteiger partial charge in [-0.15, -0.1) is 0 Å². The molecule has 1 aliphatic heterocycles. The topological polar surface area (TPSA) is 87.1 Å². The number of nitrogens with zero attached hydrogens (tertiary/aromatic N) is 1. The number of ether oxygens (including phenoxy) is 1. The van der Waals surface area contributed by atoms with Crippen LogP contribution in [0.2, 0.25) is 0 Å². The number of carboxylic acids is 1. The van der Waals surface area contributed by atoms with Crippen molar-refractivity contribution in [2.24, 2.45) is 0 Å². The van der Waals surface area contributed by atoms with Gasteiger partial charge in [-0.3, -0.25) is 14.5 Å². The number of benzene rings is 2. The zero-order chi connectivity index (χ0) is 20.8. The highest BCUT2D eigenvalue weighted by molar-refractivity contribution is 8.26. The van der Waals surface area contributed by atoms with E-state index in [0.717, 1.165) is 5.56 Å².